The van der Waals surface area contributed by atoms with E-state index in [0.717, 1.165) is 17.7 Å². The van der Waals surface area contributed by atoms with Crippen LogP contribution in [-0.2, 0) is 16.4 Å². The van der Waals surface area contributed by atoms with Crippen molar-refractivity contribution in [2.75, 3.05) is 11.3 Å². The lowest BCUT2D eigenvalue weighted by molar-refractivity contribution is 0.299. The zero-order valence-electron chi connectivity index (χ0n) is 10.9. The van der Waals surface area contributed by atoms with Gasteiger partial charge in [0.2, 0.25) is 0 Å². The molecule has 0 saturated heterocycles. The van der Waals surface area contributed by atoms with Crippen molar-refractivity contribution in [2.45, 2.75) is 11.3 Å². The van der Waals surface area contributed by atoms with E-state index in [1.165, 1.54) is 6.07 Å². The topological polar surface area (TPSA) is 66.4 Å². The third kappa shape index (κ3) is 3.93. The summed E-state index contributed by atoms with van der Waals surface area (Å²) in [6.07, 6.45) is 0.485. The molecule has 0 aliphatic carbocycles. The Morgan fingerprint density at radius 1 is 1.14 bits per heavy atom. The van der Waals surface area contributed by atoms with E-state index in [1.54, 1.807) is 24.3 Å². The SMILES string of the molecule is O=S(=O)(Nc1ccc(CCO)cc1)c1ccc(Cl)cc1F. The number of anilines is 1. The number of rotatable bonds is 5. The van der Waals surface area contributed by atoms with Crippen molar-refractivity contribution >= 4 is 27.3 Å². The molecule has 21 heavy (non-hydrogen) atoms. The second-order valence-corrected chi connectivity index (χ2v) is 6.44. The number of benzene rings is 2. The summed E-state index contributed by atoms with van der Waals surface area (Å²) in [6, 6.07) is 9.84. The summed E-state index contributed by atoms with van der Waals surface area (Å²) in [5.41, 5.74) is 1.18. The van der Waals surface area contributed by atoms with Crippen molar-refractivity contribution in [3.8, 4) is 0 Å². The molecule has 112 valence electrons. The number of aliphatic hydroxyl groups excluding tert-OH is 1. The third-order valence-corrected chi connectivity index (χ3v) is 4.44. The van der Waals surface area contributed by atoms with Gasteiger partial charge < -0.3 is 5.11 Å². The largest absolute Gasteiger partial charge is 0.396 e. The molecule has 4 nitrogen and oxygen atoms in total. The summed E-state index contributed by atoms with van der Waals surface area (Å²) in [5.74, 6) is -0.910. The fourth-order valence-corrected chi connectivity index (χ4v) is 3.05. The van der Waals surface area contributed by atoms with Crippen LogP contribution in [0.3, 0.4) is 0 Å². The van der Waals surface area contributed by atoms with Gasteiger partial charge in [0.25, 0.3) is 10.0 Å². The molecule has 2 aromatic carbocycles. The van der Waals surface area contributed by atoms with Crippen molar-refractivity contribution < 1.29 is 17.9 Å². The molecular weight excluding hydrogens is 317 g/mol. The van der Waals surface area contributed by atoms with E-state index in [4.69, 9.17) is 16.7 Å². The highest BCUT2D eigenvalue weighted by Gasteiger charge is 2.19. The van der Waals surface area contributed by atoms with Crippen LogP contribution in [0.1, 0.15) is 5.56 Å². The zero-order chi connectivity index (χ0) is 15.5. The molecular formula is C14H13ClFNO3S. The lowest BCUT2D eigenvalue weighted by Gasteiger charge is -2.09. The first-order valence-corrected chi connectivity index (χ1v) is 7.96. The maximum absolute atomic E-state index is 13.7. The molecule has 0 atom stereocenters. The first-order valence-electron chi connectivity index (χ1n) is 6.10. The van der Waals surface area contributed by atoms with E-state index < -0.39 is 20.7 Å². The van der Waals surface area contributed by atoms with E-state index in [0.29, 0.717) is 12.1 Å². The summed E-state index contributed by atoms with van der Waals surface area (Å²) >= 11 is 5.60. The molecule has 0 amide bonds. The van der Waals surface area contributed by atoms with Gasteiger partial charge in [-0.1, -0.05) is 23.7 Å². The van der Waals surface area contributed by atoms with E-state index in [2.05, 4.69) is 4.72 Å². The first-order chi connectivity index (χ1) is 9.92. The third-order valence-electron chi connectivity index (χ3n) is 2.79. The number of hydrogen-bond acceptors (Lipinski definition) is 3. The molecule has 0 unspecified atom stereocenters. The average molecular weight is 330 g/mol. The van der Waals surface area contributed by atoms with Crippen LogP contribution in [-0.4, -0.2) is 20.1 Å². The van der Waals surface area contributed by atoms with Crippen LogP contribution in [0, 0.1) is 5.82 Å². The molecule has 0 aliphatic rings. The van der Waals surface area contributed by atoms with E-state index in [9.17, 15) is 12.8 Å². The molecule has 2 N–H and O–H groups in total. The van der Waals surface area contributed by atoms with E-state index in [1.807, 2.05) is 0 Å². The summed E-state index contributed by atoms with van der Waals surface area (Å²) in [6.45, 7) is 0.0149. The average Bonchev–Trinajstić information content (AvgIpc) is 2.40. The predicted octanol–water partition coefficient (Wildman–Crippen LogP) is 2.81. The number of nitrogens with one attached hydrogen (secondary N) is 1. The van der Waals surface area contributed by atoms with Gasteiger partial charge >= 0.3 is 0 Å². The Labute approximate surface area is 127 Å². The molecule has 0 saturated carbocycles. The van der Waals surface area contributed by atoms with Gasteiger partial charge in [-0.2, -0.15) is 0 Å². The summed E-state index contributed by atoms with van der Waals surface area (Å²) < 4.78 is 40.2. The number of hydrogen-bond donors (Lipinski definition) is 2. The number of aliphatic hydroxyl groups is 1. The van der Waals surface area contributed by atoms with Crippen LogP contribution < -0.4 is 4.72 Å². The Kier molecular flexibility index (Phi) is 4.82. The standard InChI is InChI=1S/C14H13ClFNO3S/c15-11-3-6-14(13(16)9-11)21(19,20)17-12-4-1-10(2-5-12)7-8-18/h1-6,9,17-18H,7-8H2. The van der Waals surface area contributed by atoms with Crippen LogP contribution in [0.25, 0.3) is 0 Å². The fraction of sp³-hybridized carbons (Fsp3) is 0.143. The van der Waals surface area contributed by atoms with Gasteiger partial charge in [0.05, 0.1) is 0 Å². The maximum atomic E-state index is 13.7. The van der Waals surface area contributed by atoms with E-state index in [-0.39, 0.29) is 11.6 Å². The Morgan fingerprint density at radius 2 is 1.81 bits per heavy atom. The molecule has 0 radical (unpaired) electrons. The van der Waals surface area contributed by atoms with Crippen LogP contribution >= 0.6 is 11.6 Å². The maximum Gasteiger partial charge on any atom is 0.264 e. The fourth-order valence-electron chi connectivity index (χ4n) is 1.77. The molecule has 0 aromatic heterocycles. The van der Waals surface area contributed by atoms with Crippen molar-refractivity contribution in [1.82, 2.24) is 0 Å². The van der Waals surface area contributed by atoms with Crippen molar-refractivity contribution in [3.05, 3.63) is 58.9 Å². The van der Waals surface area contributed by atoms with Gasteiger partial charge in [-0.05, 0) is 42.3 Å². The molecule has 7 heteroatoms. The molecule has 0 heterocycles. The summed E-state index contributed by atoms with van der Waals surface area (Å²) in [4.78, 5) is -0.466. The zero-order valence-corrected chi connectivity index (χ0v) is 12.5. The van der Waals surface area contributed by atoms with Gasteiger partial charge in [-0.3, -0.25) is 4.72 Å². The smallest absolute Gasteiger partial charge is 0.264 e. The summed E-state index contributed by atoms with van der Waals surface area (Å²) in [5, 5.41) is 8.94. The quantitative estimate of drug-likeness (QED) is 0.886. The van der Waals surface area contributed by atoms with Gasteiger partial charge in [0.15, 0.2) is 0 Å². The number of sulfonamides is 1. The molecule has 0 aliphatic heterocycles. The minimum absolute atomic E-state index is 0.0149. The van der Waals surface area contributed by atoms with Crippen molar-refractivity contribution in [2.24, 2.45) is 0 Å². The Morgan fingerprint density at radius 3 is 2.38 bits per heavy atom. The lowest BCUT2D eigenvalue weighted by atomic mass is 10.1. The normalized spacial score (nSPS) is 11.4. The van der Waals surface area contributed by atoms with Crippen LogP contribution in [0.4, 0.5) is 10.1 Å². The molecule has 2 rings (SSSR count). The van der Waals surface area contributed by atoms with Gasteiger partial charge in [0, 0.05) is 17.3 Å². The lowest BCUT2D eigenvalue weighted by Crippen LogP contribution is -2.14. The second kappa shape index (κ2) is 6.43. The monoisotopic (exact) mass is 329 g/mol. The first kappa shape index (κ1) is 15.8. The summed E-state index contributed by atoms with van der Waals surface area (Å²) in [7, 11) is -4.02. The van der Waals surface area contributed by atoms with Gasteiger partial charge in [0.1, 0.15) is 10.7 Å². The van der Waals surface area contributed by atoms with Crippen molar-refractivity contribution in [1.29, 1.82) is 0 Å². The minimum atomic E-state index is -4.02. The van der Waals surface area contributed by atoms with E-state index >= 15 is 0 Å². The Hall–Kier alpha value is -1.63. The Bertz CT molecular complexity index is 732. The molecule has 2 aromatic rings. The predicted molar refractivity (Wildman–Crippen MR) is 79.5 cm³/mol. The second-order valence-electron chi connectivity index (χ2n) is 4.35. The molecule has 0 spiro atoms. The van der Waals surface area contributed by atoms with Gasteiger partial charge in [-0.15, -0.1) is 0 Å². The number of halogens is 2. The highest BCUT2D eigenvalue weighted by Crippen LogP contribution is 2.22. The minimum Gasteiger partial charge on any atom is -0.396 e. The van der Waals surface area contributed by atoms with Crippen LogP contribution in [0.5, 0.6) is 0 Å². The van der Waals surface area contributed by atoms with Crippen molar-refractivity contribution in [3.63, 3.8) is 0 Å². The highest BCUT2D eigenvalue weighted by molar-refractivity contribution is 7.92. The molecule has 0 bridgehead atoms. The molecule has 0 fully saturated rings. The Balaban J connectivity index is 2.24. The van der Waals surface area contributed by atoms with Crippen LogP contribution in [0.2, 0.25) is 5.02 Å². The highest BCUT2D eigenvalue weighted by atomic mass is 35.5. The van der Waals surface area contributed by atoms with Gasteiger partial charge in [-0.25, -0.2) is 12.8 Å². The van der Waals surface area contributed by atoms with Crippen LogP contribution in [0.15, 0.2) is 47.4 Å².